The minimum absolute atomic E-state index is 0.0460. The van der Waals surface area contributed by atoms with Crippen molar-refractivity contribution in [2.45, 2.75) is 50.5 Å². The van der Waals surface area contributed by atoms with E-state index in [-0.39, 0.29) is 30.3 Å². The second kappa shape index (κ2) is 4.75. The van der Waals surface area contributed by atoms with Gasteiger partial charge in [0.15, 0.2) is 0 Å². The summed E-state index contributed by atoms with van der Waals surface area (Å²) >= 11 is 0. The van der Waals surface area contributed by atoms with Crippen LogP contribution < -0.4 is 0 Å². The number of aliphatic hydroxyl groups excluding tert-OH is 1. The van der Waals surface area contributed by atoms with Crippen molar-refractivity contribution in [1.82, 2.24) is 4.90 Å². The largest absolute Gasteiger partial charge is 0.394 e. The molecular formula is C15H21NO3. The zero-order valence-corrected chi connectivity index (χ0v) is 11.2. The molecule has 0 aromatic carbocycles. The van der Waals surface area contributed by atoms with Crippen molar-refractivity contribution < 1.29 is 14.7 Å². The Morgan fingerprint density at radius 3 is 2.05 bits per heavy atom. The van der Waals surface area contributed by atoms with E-state index in [4.69, 9.17) is 0 Å². The van der Waals surface area contributed by atoms with Crippen LogP contribution >= 0.6 is 0 Å². The number of nitrogens with zero attached hydrogens (tertiary/aromatic N) is 1. The number of imide groups is 1. The Hall–Kier alpha value is -1.16. The van der Waals surface area contributed by atoms with E-state index in [9.17, 15) is 14.7 Å². The van der Waals surface area contributed by atoms with Crippen molar-refractivity contribution in [3.63, 3.8) is 0 Å². The number of aliphatic hydroxyl groups is 1. The number of carbonyl (C=O) groups excluding carboxylic acids is 2. The summed E-state index contributed by atoms with van der Waals surface area (Å²) in [6.45, 7) is -0.0860. The van der Waals surface area contributed by atoms with E-state index in [2.05, 4.69) is 0 Å². The molecule has 4 nitrogen and oxygen atoms in total. The zero-order chi connectivity index (χ0) is 13.5. The van der Waals surface area contributed by atoms with Gasteiger partial charge in [-0.2, -0.15) is 0 Å². The van der Waals surface area contributed by atoms with Gasteiger partial charge in [0, 0.05) is 0 Å². The molecule has 4 heteroatoms. The smallest absolute Gasteiger partial charge is 0.234 e. The highest BCUT2D eigenvalue weighted by atomic mass is 16.3. The van der Waals surface area contributed by atoms with Crippen LogP contribution in [0.2, 0.25) is 0 Å². The molecule has 2 fully saturated rings. The van der Waals surface area contributed by atoms with Crippen LogP contribution in [0.25, 0.3) is 0 Å². The van der Waals surface area contributed by atoms with Crippen LogP contribution in [-0.4, -0.2) is 34.0 Å². The first kappa shape index (κ1) is 12.9. The summed E-state index contributed by atoms with van der Waals surface area (Å²) in [5.41, 5.74) is -0.607. The van der Waals surface area contributed by atoms with Crippen molar-refractivity contribution in [2.75, 3.05) is 6.61 Å². The summed E-state index contributed by atoms with van der Waals surface area (Å²) in [5.74, 6) is -0.448. The maximum Gasteiger partial charge on any atom is 0.234 e. The summed E-state index contributed by atoms with van der Waals surface area (Å²) in [5, 5.41) is 9.81. The molecule has 1 aliphatic heterocycles. The van der Waals surface area contributed by atoms with Crippen molar-refractivity contribution in [2.24, 2.45) is 11.8 Å². The van der Waals surface area contributed by atoms with Gasteiger partial charge in [0.2, 0.25) is 11.8 Å². The molecule has 2 amide bonds. The first-order valence-electron chi connectivity index (χ1n) is 7.33. The molecule has 1 heterocycles. The van der Waals surface area contributed by atoms with E-state index in [0.717, 1.165) is 32.1 Å². The fourth-order valence-electron chi connectivity index (χ4n) is 3.93. The van der Waals surface area contributed by atoms with Gasteiger partial charge in [-0.05, 0) is 25.7 Å². The number of hydrogen-bond acceptors (Lipinski definition) is 3. The summed E-state index contributed by atoms with van der Waals surface area (Å²) < 4.78 is 0. The Balaban J connectivity index is 1.92. The van der Waals surface area contributed by atoms with E-state index >= 15 is 0 Å². The lowest BCUT2D eigenvalue weighted by atomic mass is 9.81. The normalized spacial score (nSPS) is 33.6. The molecule has 3 rings (SSSR count). The number of rotatable bonds is 2. The lowest BCUT2D eigenvalue weighted by molar-refractivity contribution is -0.151. The van der Waals surface area contributed by atoms with Gasteiger partial charge in [-0.1, -0.05) is 31.4 Å². The third-order valence-electron chi connectivity index (χ3n) is 5.06. The fourth-order valence-corrected chi connectivity index (χ4v) is 3.93. The molecule has 104 valence electrons. The monoisotopic (exact) mass is 263 g/mol. The van der Waals surface area contributed by atoms with Crippen molar-refractivity contribution >= 4 is 11.8 Å². The summed E-state index contributed by atoms with van der Waals surface area (Å²) in [7, 11) is 0. The van der Waals surface area contributed by atoms with Gasteiger partial charge in [-0.15, -0.1) is 0 Å². The molecule has 1 N–H and O–H groups in total. The molecule has 1 saturated carbocycles. The molecular weight excluding hydrogens is 242 g/mol. The van der Waals surface area contributed by atoms with Crippen molar-refractivity contribution in [1.29, 1.82) is 0 Å². The number of amides is 2. The Morgan fingerprint density at radius 2 is 1.58 bits per heavy atom. The van der Waals surface area contributed by atoms with Gasteiger partial charge in [-0.3, -0.25) is 14.5 Å². The number of fused-ring (bicyclic) bond motifs is 1. The molecule has 0 spiro atoms. The third-order valence-corrected chi connectivity index (χ3v) is 5.06. The number of hydrogen-bond donors (Lipinski definition) is 1. The van der Waals surface area contributed by atoms with Crippen LogP contribution in [0.1, 0.15) is 44.9 Å². The van der Waals surface area contributed by atoms with Crippen molar-refractivity contribution in [3.05, 3.63) is 12.2 Å². The minimum atomic E-state index is -0.607. The highest BCUT2D eigenvalue weighted by molar-refractivity contribution is 6.06. The molecule has 3 aliphatic rings. The minimum Gasteiger partial charge on any atom is -0.394 e. The Morgan fingerprint density at radius 1 is 1.05 bits per heavy atom. The molecule has 2 atom stereocenters. The third kappa shape index (κ3) is 1.84. The molecule has 0 radical (unpaired) electrons. The molecule has 1 saturated heterocycles. The van der Waals surface area contributed by atoms with Gasteiger partial charge < -0.3 is 5.11 Å². The Bertz CT molecular complexity index is 397. The van der Waals surface area contributed by atoms with Gasteiger partial charge in [-0.25, -0.2) is 0 Å². The van der Waals surface area contributed by atoms with Gasteiger partial charge >= 0.3 is 0 Å². The van der Waals surface area contributed by atoms with Crippen LogP contribution in [0, 0.1) is 11.8 Å². The summed E-state index contributed by atoms with van der Waals surface area (Å²) in [4.78, 5) is 26.6. The number of carbonyl (C=O) groups is 2. The fraction of sp³-hybridized carbons (Fsp3) is 0.733. The topological polar surface area (TPSA) is 57.6 Å². The van der Waals surface area contributed by atoms with Gasteiger partial charge in [0.25, 0.3) is 0 Å². The first-order valence-corrected chi connectivity index (χ1v) is 7.33. The lowest BCUT2D eigenvalue weighted by Gasteiger charge is -2.42. The molecule has 2 unspecified atom stereocenters. The van der Waals surface area contributed by atoms with Crippen LogP contribution in [-0.2, 0) is 9.59 Å². The standard InChI is InChI=1S/C15H21NO3/c17-10-15(8-4-1-5-9-15)16-13(18)11-6-2-3-7-12(11)14(16)19/h2-3,11-12,17H,1,4-10H2. The first-order chi connectivity index (χ1) is 9.19. The van der Waals surface area contributed by atoms with Gasteiger partial charge in [0.1, 0.15) is 0 Å². The SMILES string of the molecule is O=C1C2CC=CCC2C(=O)N1C1(CO)CCCCC1. The van der Waals surface area contributed by atoms with Crippen LogP contribution in [0.15, 0.2) is 12.2 Å². The predicted molar refractivity (Wildman–Crippen MR) is 70.1 cm³/mol. The quantitative estimate of drug-likeness (QED) is 0.608. The average molecular weight is 263 g/mol. The maximum atomic E-state index is 12.6. The number of allylic oxidation sites excluding steroid dienone is 2. The number of likely N-dealkylation sites (tertiary alicyclic amines) is 1. The van der Waals surface area contributed by atoms with E-state index in [0.29, 0.717) is 12.8 Å². The molecule has 2 aliphatic carbocycles. The molecule has 0 aromatic heterocycles. The molecule has 0 bridgehead atoms. The second-order valence-corrected chi connectivity index (χ2v) is 6.11. The zero-order valence-electron chi connectivity index (χ0n) is 11.2. The van der Waals surface area contributed by atoms with Crippen LogP contribution in [0.4, 0.5) is 0 Å². The Kier molecular flexibility index (Phi) is 3.21. The van der Waals surface area contributed by atoms with E-state index in [1.807, 2.05) is 12.2 Å². The van der Waals surface area contributed by atoms with Crippen molar-refractivity contribution in [3.8, 4) is 0 Å². The Labute approximate surface area is 113 Å². The van der Waals surface area contributed by atoms with E-state index < -0.39 is 5.54 Å². The molecule has 19 heavy (non-hydrogen) atoms. The predicted octanol–water partition coefficient (Wildman–Crippen LogP) is 1.63. The summed E-state index contributed by atoms with van der Waals surface area (Å²) in [6, 6.07) is 0. The highest BCUT2D eigenvalue weighted by Gasteiger charge is 2.54. The second-order valence-electron chi connectivity index (χ2n) is 6.11. The molecule has 0 aromatic rings. The highest BCUT2D eigenvalue weighted by Crippen LogP contribution is 2.43. The summed E-state index contributed by atoms with van der Waals surface area (Å²) in [6.07, 6.45) is 9.98. The van der Waals surface area contributed by atoms with Crippen LogP contribution in [0.3, 0.4) is 0 Å². The van der Waals surface area contributed by atoms with E-state index in [1.165, 1.54) is 4.90 Å². The maximum absolute atomic E-state index is 12.6. The van der Waals surface area contributed by atoms with Crippen LogP contribution in [0.5, 0.6) is 0 Å². The van der Waals surface area contributed by atoms with Gasteiger partial charge in [0.05, 0.1) is 24.0 Å². The van der Waals surface area contributed by atoms with E-state index in [1.54, 1.807) is 0 Å². The average Bonchev–Trinajstić information content (AvgIpc) is 2.73. The lowest BCUT2D eigenvalue weighted by Crippen LogP contribution is -2.55.